The van der Waals surface area contributed by atoms with Crippen LogP contribution in [0, 0.1) is 11.8 Å². The van der Waals surface area contributed by atoms with E-state index in [2.05, 4.69) is 39.2 Å². The summed E-state index contributed by atoms with van der Waals surface area (Å²) in [5, 5.41) is 7.42. The van der Waals surface area contributed by atoms with Crippen LogP contribution in [0.5, 0.6) is 0 Å². The molecule has 5 rings (SSSR count). The second-order valence-corrected chi connectivity index (χ2v) is 9.93. The molecule has 1 amide bonds. The Bertz CT molecular complexity index is 1020. The van der Waals surface area contributed by atoms with E-state index < -0.39 is 0 Å². The van der Waals surface area contributed by atoms with Crippen LogP contribution in [0.2, 0.25) is 10.0 Å². The van der Waals surface area contributed by atoms with E-state index in [4.69, 9.17) is 23.2 Å². The van der Waals surface area contributed by atoms with Crippen LogP contribution in [0.25, 0.3) is 0 Å². The van der Waals surface area contributed by atoms with Crippen molar-refractivity contribution < 1.29 is 4.79 Å². The first-order valence-corrected chi connectivity index (χ1v) is 11.9. The lowest BCUT2D eigenvalue weighted by atomic mass is 9.74. The van der Waals surface area contributed by atoms with Crippen LogP contribution >= 0.6 is 23.2 Å². The maximum atomic E-state index is 13.8. The van der Waals surface area contributed by atoms with Gasteiger partial charge in [-0.1, -0.05) is 47.5 Å². The van der Waals surface area contributed by atoms with Crippen molar-refractivity contribution in [2.24, 2.45) is 16.9 Å². The van der Waals surface area contributed by atoms with Crippen LogP contribution in [0.3, 0.4) is 0 Å². The molecule has 1 saturated heterocycles. The molecular formula is C24H27Cl2N5O. The number of nitrogens with zero attached hydrogens (tertiary/aromatic N) is 3. The summed E-state index contributed by atoms with van der Waals surface area (Å²) >= 11 is 12.6. The van der Waals surface area contributed by atoms with E-state index in [0.717, 1.165) is 29.9 Å². The fraction of sp³-hybridized carbons (Fsp3) is 0.417. The zero-order chi connectivity index (χ0) is 22.2. The molecule has 3 atom stereocenters. The smallest absolute Gasteiger partial charge is 0.226 e. The van der Waals surface area contributed by atoms with E-state index in [-0.39, 0.29) is 23.8 Å². The Morgan fingerprint density at radius 2 is 1.84 bits per heavy atom. The molecule has 8 heteroatoms. The van der Waals surface area contributed by atoms with Crippen molar-refractivity contribution in [1.82, 2.24) is 21.0 Å². The fourth-order valence-electron chi connectivity index (χ4n) is 4.91. The number of hydrogen-bond donors (Lipinski definition) is 2. The molecular weight excluding hydrogens is 445 g/mol. The summed E-state index contributed by atoms with van der Waals surface area (Å²) in [7, 11) is 1.85. The first kappa shape index (κ1) is 21.6. The molecule has 0 spiro atoms. The predicted molar refractivity (Wildman–Crippen MR) is 127 cm³/mol. The molecule has 1 saturated carbocycles. The molecule has 2 aromatic carbocycles. The Balaban J connectivity index is 1.53. The molecule has 0 bridgehead atoms. The minimum Gasteiger partial charge on any atom is -0.335 e. The fourth-order valence-corrected chi connectivity index (χ4v) is 5.23. The quantitative estimate of drug-likeness (QED) is 0.638. The first-order chi connectivity index (χ1) is 15.5. The van der Waals surface area contributed by atoms with Crippen molar-refractivity contribution in [3.63, 3.8) is 0 Å². The van der Waals surface area contributed by atoms with Crippen LogP contribution in [0.15, 0.2) is 53.6 Å². The second-order valence-electron chi connectivity index (χ2n) is 9.06. The van der Waals surface area contributed by atoms with Gasteiger partial charge >= 0.3 is 0 Å². The average Bonchev–Trinajstić information content (AvgIpc) is 3.50. The van der Waals surface area contributed by atoms with Crippen LogP contribution in [0.4, 0.5) is 0 Å². The molecule has 3 aliphatic rings. The lowest BCUT2D eigenvalue weighted by Gasteiger charge is -2.45. The number of halogens is 2. The van der Waals surface area contributed by atoms with Crippen LogP contribution in [0.1, 0.15) is 48.8 Å². The number of amides is 1. The van der Waals surface area contributed by atoms with Crippen molar-refractivity contribution in [3.05, 3.63) is 69.7 Å². The Morgan fingerprint density at radius 1 is 1.06 bits per heavy atom. The van der Waals surface area contributed by atoms with Gasteiger partial charge in [-0.05, 0) is 60.6 Å². The number of amidine groups is 1. The third-order valence-corrected chi connectivity index (χ3v) is 7.09. The van der Waals surface area contributed by atoms with Crippen molar-refractivity contribution in [2.75, 3.05) is 13.6 Å². The zero-order valence-electron chi connectivity index (χ0n) is 18.0. The lowest BCUT2D eigenvalue weighted by Crippen LogP contribution is -2.49. The molecule has 0 aromatic heterocycles. The van der Waals surface area contributed by atoms with Gasteiger partial charge in [0.05, 0.1) is 6.04 Å². The summed E-state index contributed by atoms with van der Waals surface area (Å²) in [6, 6.07) is 15.9. The molecule has 168 valence electrons. The maximum absolute atomic E-state index is 13.8. The van der Waals surface area contributed by atoms with E-state index in [1.165, 1.54) is 12.8 Å². The maximum Gasteiger partial charge on any atom is 0.226 e. The molecule has 0 radical (unpaired) electrons. The Labute approximate surface area is 198 Å². The van der Waals surface area contributed by atoms with Gasteiger partial charge in [-0.2, -0.15) is 0 Å². The molecule has 2 fully saturated rings. The number of hydrazone groups is 1. The van der Waals surface area contributed by atoms with E-state index in [0.29, 0.717) is 22.4 Å². The topological polar surface area (TPSA) is 60.0 Å². The predicted octanol–water partition coefficient (Wildman–Crippen LogP) is 4.74. The number of carbonyl (C=O) groups excluding carboxylic acids is 1. The van der Waals surface area contributed by atoms with Crippen LogP contribution in [-0.4, -0.2) is 35.4 Å². The molecule has 2 aliphatic heterocycles. The number of hydrogen-bond acceptors (Lipinski definition) is 5. The number of hydrazine groups is 2. The molecule has 2 aromatic rings. The summed E-state index contributed by atoms with van der Waals surface area (Å²) in [6.07, 6.45) is 3.68. The highest BCUT2D eigenvalue weighted by Crippen LogP contribution is 2.48. The highest BCUT2D eigenvalue weighted by molar-refractivity contribution is 6.30. The second kappa shape index (κ2) is 8.93. The number of carbonyl (C=O) groups is 1. The third-order valence-electron chi connectivity index (χ3n) is 6.60. The van der Waals surface area contributed by atoms with Crippen molar-refractivity contribution >= 4 is 34.9 Å². The highest BCUT2D eigenvalue weighted by atomic mass is 35.5. The van der Waals surface area contributed by atoms with E-state index in [1.807, 2.05) is 37.4 Å². The monoisotopic (exact) mass is 471 g/mol. The van der Waals surface area contributed by atoms with E-state index in [9.17, 15) is 4.79 Å². The Morgan fingerprint density at radius 3 is 2.50 bits per heavy atom. The summed E-state index contributed by atoms with van der Waals surface area (Å²) in [6.45, 7) is 0.789. The van der Waals surface area contributed by atoms with Crippen LogP contribution in [-0.2, 0) is 4.79 Å². The van der Waals surface area contributed by atoms with Gasteiger partial charge in [0.2, 0.25) is 5.91 Å². The van der Waals surface area contributed by atoms with Gasteiger partial charge in [-0.15, -0.1) is 10.2 Å². The third kappa shape index (κ3) is 4.58. The van der Waals surface area contributed by atoms with Crippen molar-refractivity contribution in [1.29, 1.82) is 0 Å². The van der Waals surface area contributed by atoms with Crippen molar-refractivity contribution in [2.45, 2.75) is 37.6 Å². The number of benzene rings is 2. The molecule has 1 aliphatic carbocycles. The van der Waals surface area contributed by atoms with Gasteiger partial charge < -0.3 is 4.90 Å². The van der Waals surface area contributed by atoms with Gasteiger partial charge in [0, 0.05) is 41.9 Å². The van der Waals surface area contributed by atoms with Gasteiger partial charge in [-0.25, -0.2) is 5.53 Å². The molecule has 1 unspecified atom stereocenters. The lowest BCUT2D eigenvalue weighted by molar-refractivity contribution is -0.143. The van der Waals surface area contributed by atoms with Crippen LogP contribution < -0.4 is 11.0 Å². The number of nitrogens with one attached hydrogen (secondary N) is 2. The Kier molecular flexibility index (Phi) is 6.01. The highest BCUT2D eigenvalue weighted by Gasteiger charge is 2.45. The van der Waals surface area contributed by atoms with Gasteiger partial charge in [-0.3, -0.25) is 10.2 Å². The number of rotatable bonds is 6. The van der Waals surface area contributed by atoms with Gasteiger partial charge in [0.15, 0.2) is 0 Å². The summed E-state index contributed by atoms with van der Waals surface area (Å²) < 4.78 is 0. The Hall–Kier alpha value is -2.28. The standard InChI is InChI=1S/C24H27Cl2N5O/c1-30-28-22(27-29-30)13-18-12-21(17-3-2-4-20(26)11-17)23(16-7-9-19(25)10-8-16)31(24(18)32)14-15-5-6-15/h2-4,7-11,15,18,21,23,29H,5-6,12-14H2,1H3,(H,27,28)/t18-,21-,23?/m1/s1. The number of piperidine rings is 1. The minimum atomic E-state index is -0.152. The number of likely N-dealkylation sites (tertiary alicyclic amines) is 1. The van der Waals surface area contributed by atoms with E-state index >= 15 is 0 Å². The minimum absolute atomic E-state index is 0.0469. The molecule has 6 nitrogen and oxygen atoms in total. The molecule has 2 N–H and O–H groups in total. The molecule has 2 heterocycles. The SMILES string of the molecule is CN1NN=C(C[C@H]2C[C@H](c3cccc(Cl)c3)C(c3ccc(Cl)cc3)N(CC3CC3)C2=O)N1. The van der Waals surface area contributed by atoms with Crippen molar-refractivity contribution in [3.8, 4) is 0 Å². The summed E-state index contributed by atoms with van der Waals surface area (Å²) in [4.78, 5) is 15.9. The summed E-state index contributed by atoms with van der Waals surface area (Å²) in [5.41, 5.74) is 8.32. The first-order valence-electron chi connectivity index (χ1n) is 11.1. The molecule has 32 heavy (non-hydrogen) atoms. The largest absolute Gasteiger partial charge is 0.335 e. The van der Waals surface area contributed by atoms with E-state index in [1.54, 1.807) is 5.12 Å². The summed E-state index contributed by atoms with van der Waals surface area (Å²) in [5.74, 6) is 1.55. The van der Waals surface area contributed by atoms with Gasteiger partial charge in [0.25, 0.3) is 0 Å². The van der Waals surface area contributed by atoms with Gasteiger partial charge in [0.1, 0.15) is 5.84 Å². The average molecular weight is 472 g/mol. The zero-order valence-corrected chi connectivity index (χ0v) is 19.5. The normalized spacial score (nSPS) is 26.0.